The van der Waals surface area contributed by atoms with Crippen LogP contribution in [0.25, 0.3) is 0 Å². The minimum Gasteiger partial charge on any atom is -0.480 e. The number of nitrogens with two attached hydrogens (primary N) is 1. The van der Waals surface area contributed by atoms with Gasteiger partial charge in [0, 0.05) is 12.8 Å². The van der Waals surface area contributed by atoms with Gasteiger partial charge in [-0.25, -0.2) is 4.79 Å². The molecule has 0 aromatic carbocycles. The summed E-state index contributed by atoms with van der Waals surface area (Å²) in [5, 5.41) is 11.9. The molecule has 7 heteroatoms. The number of esters is 1. The molecule has 1 amide bonds. The number of carboxylic acid groups (broad SMARTS) is 1. The van der Waals surface area contributed by atoms with E-state index in [4.69, 9.17) is 10.5 Å². The standard InChI is InChI=1S/C44H86N2O5/c1-3-5-7-9-11-12-13-14-15-16-17-18-19-20-21-23-28-32-38-43(48)51-40(34-29-25-22-10-8-6-4-2)35-30-26-24-27-31-37-42(47)46-41(44(49)50)36-33-39-45/h40-41H,3-39,45H2,1-2H3,(H,46,47)(H,49,50). The zero-order valence-electron chi connectivity index (χ0n) is 34.0. The van der Waals surface area contributed by atoms with E-state index < -0.39 is 12.0 Å². The van der Waals surface area contributed by atoms with Gasteiger partial charge in [0.25, 0.3) is 0 Å². The van der Waals surface area contributed by atoms with E-state index in [2.05, 4.69) is 19.2 Å². The largest absolute Gasteiger partial charge is 0.480 e. The molecule has 0 rings (SSSR count). The Bertz CT molecular complexity index is 777. The molecule has 0 aliphatic carbocycles. The van der Waals surface area contributed by atoms with Crippen molar-refractivity contribution < 1.29 is 24.2 Å². The minimum atomic E-state index is -1.00. The fraction of sp³-hybridized carbons (Fsp3) is 0.932. The van der Waals surface area contributed by atoms with Gasteiger partial charge >= 0.3 is 11.9 Å². The lowest BCUT2D eigenvalue weighted by molar-refractivity contribution is -0.150. The molecule has 0 saturated heterocycles. The molecule has 0 heterocycles. The normalized spacial score (nSPS) is 12.5. The van der Waals surface area contributed by atoms with Crippen molar-refractivity contribution in [3.8, 4) is 0 Å². The van der Waals surface area contributed by atoms with Gasteiger partial charge in [0.1, 0.15) is 12.1 Å². The molecule has 0 fully saturated rings. The minimum absolute atomic E-state index is 0.0171. The number of aliphatic carboxylic acids is 1. The predicted octanol–water partition coefficient (Wildman–Crippen LogP) is 12.5. The summed E-state index contributed by atoms with van der Waals surface area (Å²) < 4.78 is 6.02. The van der Waals surface area contributed by atoms with E-state index in [1.807, 2.05) is 0 Å². The van der Waals surface area contributed by atoms with Crippen molar-refractivity contribution in [3.05, 3.63) is 0 Å². The molecule has 0 spiro atoms. The average Bonchev–Trinajstić information content (AvgIpc) is 3.11. The average molecular weight is 723 g/mol. The van der Waals surface area contributed by atoms with Gasteiger partial charge in [0.2, 0.25) is 5.91 Å². The second-order valence-corrected chi connectivity index (χ2v) is 15.5. The SMILES string of the molecule is CCCCCCCCCCCCCCCCCCCCC(=O)OC(CCCCCCCCC)CCCCCCCC(=O)NC(CCCN)C(=O)O. The molecule has 4 N–H and O–H groups in total. The highest BCUT2D eigenvalue weighted by Crippen LogP contribution is 2.19. The van der Waals surface area contributed by atoms with Crippen molar-refractivity contribution in [2.75, 3.05) is 6.54 Å². The van der Waals surface area contributed by atoms with Crippen molar-refractivity contribution in [2.24, 2.45) is 5.73 Å². The van der Waals surface area contributed by atoms with Gasteiger partial charge in [-0.15, -0.1) is 0 Å². The Morgan fingerprint density at radius 3 is 1.22 bits per heavy atom. The van der Waals surface area contributed by atoms with E-state index in [1.54, 1.807) is 0 Å². The summed E-state index contributed by atoms with van der Waals surface area (Å²) >= 11 is 0. The first-order chi connectivity index (χ1) is 24.9. The number of rotatable bonds is 41. The summed E-state index contributed by atoms with van der Waals surface area (Å²) in [6.45, 7) is 4.95. The topological polar surface area (TPSA) is 119 Å². The van der Waals surface area contributed by atoms with E-state index in [0.29, 0.717) is 32.2 Å². The van der Waals surface area contributed by atoms with Crippen molar-refractivity contribution in [3.63, 3.8) is 0 Å². The third kappa shape index (κ3) is 36.5. The van der Waals surface area contributed by atoms with Gasteiger partial charge in [-0.05, 0) is 57.9 Å². The Morgan fingerprint density at radius 1 is 0.490 bits per heavy atom. The Balaban J connectivity index is 4.07. The zero-order chi connectivity index (χ0) is 37.5. The number of unbranched alkanes of at least 4 members (excludes halogenated alkanes) is 27. The Labute approximate surface area is 316 Å². The Morgan fingerprint density at radius 2 is 0.843 bits per heavy atom. The number of carboxylic acids is 1. The van der Waals surface area contributed by atoms with Crippen LogP contribution in [0.1, 0.15) is 245 Å². The van der Waals surface area contributed by atoms with E-state index in [0.717, 1.165) is 64.2 Å². The lowest BCUT2D eigenvalue weighted by atomic mass is 10.0. The van der Waals surface area contributed by atoms with Crippen LogP contribution in [0, 0.1) is 0 Å². The van der Waals surface area contributed by atoms with E-state index in [9.17, 15) is 19.5 Å². The van der Waals surface area contributed by atoms with Crippen LogP contribution in [0.5, 0.6) is 0 Å². The number of hydrogen-bond donors (Lipinski definition) is 3. The fourth-order valence-corrected chi connectivity index (χ4v) is 7.04. The molecule has 0 aliphatic heterocycles. The highest BCUT2D eigenvalue weighted by atomic mass is 16.5. The predicted molar refractivity (Wildman–Crippen MR) is 216 cm³/mol. The fourth-order valence-electron chi connectivity index (χ4n) is 7.04. The monoisotopic (exact) mass is 723 g/mol. The Hall–Kier alpha value is -1.63. The molecule has 0 saturated carbocycles. The van der Waals surface area contributed by atoms with Crippen LogP contribution in [0.4, 0.5) is 0 Å². The summed E-state index contributed by atoms with van der Waals surface area (Å²) in [6, 6.07) is -0.851. The summed E-state index contributed by atoms with van der Waals surface area (Å²) in [5.74, 6) is -1.22. The van der Waals surface area contributed by atoms with Crippen molar-refractivity contribution in [1.29, 1.82) is 0 Å². The summed E-state index contributed by atoms with van der Waals surface area (Å²) in [6.07, 6.45) is 41.6. The number of carbonyl (C=O) groups is 3. The number of ether oxygens (including phenoxy) is 1. The van der Waals surface area contributed by atoms with Crippen LogP contribution in [0.2, 0.25) is 0 Å². The lowest BCUT2D eigenvalue weighted by Crippen LogP contribution is -2.40. The van der Waals surface area contributed by atoms with Gasteiger partial charge in [-0.1, -0.05) is 181 Å². The molecular formula is C44H86N2O5. The molecule has 0 aromatic heterocycles. The second kappa shape index (κ2) is 39.6. The highest BCUT2D eigenvalue weighted by molar-refractivity contribution is 5.83. The van der Waals surface area contributed by atoms with Crippen LogP contribution in [0.15, 0.2) is 0 Å². The summed E-state index contributed by atoms with van der Waals surface area (Å²) in [5.41, 5.74) is 5.48. The molecule has 0 aliphatic rings. The van der Waals surface area contributed by atoms with Crippen LogP contribution in [-0.4, -0.2) is 41.6 Å². The smallest absolute Gasteiger partial charge is 0.326 e. The van der Waals surface area contributed by atoms with Gasteiger partial charge in [0.05, 0.1) is 0 Å². The molecule has 302 valence electrons. The maximum Gasteiger partial charge on any atom is 0.326 e. The van der Waals surface area contributed by atoms with E-state index in [-0.39, 0.29) is 18.0 Å². The molecule has 2 atom stereocenters. The summed E-state index contributed by atoms with van der Waals surface area (Å²) in [7, 11) is 0. The highest BCUT2D eigenvalue weighted by Gasteiger charge is 2.19. The van der Waals surface area contributed by atoms with E-state index >= 15 is 0 Å². The van der Waals surface area contributed by atoms with Gasteiger partial charge in [0.15, 0.2) is 0 Å². The van der Waals surface area contributed by atoms with E-state index in [1.165, 1.54) is 141 Å². The first-order valence-electron chi connectivity index (χ1n) is 22.4. The maximum absolute atomic E-state index is 12.7. The molecular weight excluding hydrogens is 636 g/mol. The second-order valence-electron chi connectivity index (χ2n) is 15.5. The quantitative estimate of drug-likeness (QED) is 0.0427. The van der Waals surface area contributed by atoms with Crippen molar-refractivity contribution >= 4 is 17.8 Å². The number of nitrogens with one attached hydrogen (secondary N) is 1. The van der Waals surface area contributed by atoms with Crippen LogP contribution >= 0.6 is 0 Å². The van der Waals surface area contributed by atoms with Crippen LogP contribution < -0.4 is 11.1 Å². The van der Waals surface area contributed by atoms with Crippen molar-refractivity contribution in [2.45, 2.75) is 257 Å². The van der Waals surface area contributed by atoms with Crippen LogP contribution in [0.3, 0.4) is 0 Å². The first kappa shape index (κ1) is 49.4. The molecule has 0 bridgehead atoms. The maximum atomic E-state index is 12.7. The number of carbonyl (C=O) groups excluding carboxylic acids is 2. The molecule has 51 heavy (non-hydrogen) atoms. The molecule has 0 aromatic rings. The van der Waals surface area contributed by atoms with Gasteiger partial charge < -0.3 is 20.9 Å². The number of amides is 1. The lowest BCUT2D eigenvalue weighted by Gasteiger charge is -2.18. The van der Waals surface area contributed by atoms with Crippen LogP contribution in [-0.2, 0) is 19.1 Å². The molecule has 7 nitrogen and oxygen atoms in total. The van der Waals surface area contributed by atoms with Crippen molar-refractivity contribution in [1.82, 2.24) is 5.32 Å². The Kier molecular flexibility index (Phi) is 38.3. The summed E-state index contributed by atoms with van der Waals surface area (Å²) in [4.78, 5) is 36.3. The van der Waals surface area contributed by atoms with Gasteiger partial charge in [-0.3, -0.25) is 9.59 Å². The van der Waals surface area contributed by atoms with Gasteiger partial charge in [-0.2, -0.15) is 0 Å². The third-order valence-electron chi connectivity index (χ3n) is 10.4. The molecule has 0 radical (unpaired) electrons. The number of hydrogen-bond acceptors (Lipinski definition) is 5. The zero-order valence-corrected chi connectivity index (χ0v) is 34.0. The first-order valence-corrected chi connectivity index (χ1v) is 22.4. The third-order valence-corrected chi connectivity index (χ3v) is 10.4. The molecule has 2 unspecified atom stereocenters.